The summed E-state index contributed by atoms with van der Waals surface area (Å²) >= 11 is 0. The van der Waals surface area contributed by atoms with Crippen molar-refractivity contribution in [3.05, 3.63) is 48.1 Å². The van der Waals surface area contributed by atoms with Gasteiger partial charge in [0.25, 0.3) is 0 Å². The van der Waals surface area contributed by atoms with Gasteiger partial charge in [0, 0.05) is 31.7 Å². The molecule has 5 aliphatic carbocycles. The minimum Gasteiger partial charge on any atom is -0.310 e. The first kappa shape index (κ1) is 37.5. The number of allylic oxidation sites excluding steroid dienone is 7. The fourth-order valence-corrected chi connectivity index (χ4v) is 14.3. The smallest absolute Gasteiger partial charge is 0.310 e. The van der Waals surface area contributed by atoms with Gasteiger partial charge in [-0.1, -0.05) is 77.2 Å². The number of rotatable bonds is 7. The van der Waals surface area contributed by atoms with E-state index in [0.717, 1.165) is 30.8 Å². The van der Waals surface area contributed by atoms with Gasteiger partial charge in [-0.2, -0.15) is 9.59 Å². The average molecular weight is 681 g/mol. The maximum Gasteiger partial charge on any atom is 0.373 e. The van der Waals surface area contributed by atoms with E-state index in [2.05, 4.69) is 95.6 Å². The molecule has 1 heterocycles. The van der Waals surface area contributed by atoms with E-state index >= 15 is 0 Å². The number of nitrogens with zero attached hydrogens (tertiary/aromatic N) is 1. The van der Waals surface area contributed by atoms with E-state index in [-0.39, 0.29) is 17.1 Å². The molecule has 0 aromatic heterocycles. The third kappa shape index (κ3) is 6.22. The van der Waals surface area contributed by atoms with E-state index in [1.165, 1.54) is 63.4 Å². The topological polar surface area (TPSA) is 83.6 Å². The summed E-state index contributed by atoms with van der Waals surface area (Å²) in [5.74, 6) is 4.13. The largest absolute Gasteiger partial charge is 0.373 e. The minimum absolute atomic E-state index is 0.198. The fraction of sp³-hybridized carbons (Fsp3) is 0.780. The van der Waals surface area contributed by atoms with Gasteiger partial charge in [0.2, 0.25) is 0 Å². The van der Waals surface area contributed by atoms with Crippen molar-refractivity contribution in [3.8, 4) is 0 Å². The summed E-state index contributed by atoms with van der Waals surface area (Å²) < 4.78 is 24.0. The SMILES string of the molecule is C=C(C)[C@@H]1CC[C@]2(NCCN3CCS(=O)(=O)CC3)CC[C@]3(C)[C@H](CC[C@@H]4[C@@]5(C)CC=C(C=C/C=C/C)C(C)(C)[C@@H]5CC[C@]43C)[C@@H]12.O=C=O. The zero-order valence-electron chi connectivity index (χ0n) is 31.1. The monoisotopic (exact) mass is 680 g/mol. The van der Waals surface area contributed by atoms with Crippen molar-refractivity contribution in [2.75, 3.05) is 37.7 Å². The van der Waals surface area contributed by atoms with E-state index in [1.54, 1.807) is 5.57 Å². The second-order valence-electron chi connectivity index (χ2n) is 17.8. The molecule has 4 saturated carbocycles. The first-order valence-corrected chi connectivity index (χ1v) is 20.7. The van der Waals surface area contributed by atoms with Crippen LogP contribution in [0.25, 0.3) is 0 Å². The average Bonchev–Trinajstić information content (AvgIpc) is 3.40. The third-order valence-corrected chi connectivity index (χ3v) is 17.2. The van der Waals surface area contributed by atoms with Crippen molar-refractivity contribution in [1.82, 2.24) is 10.2 Å². The summed E-state index contributed by atoms with van der Waals surface area (Å²) in [6.45, 7) is 25.6. The number of fused-ring (bicyclic) bond motifs is 7. The van der Waals surface area contributed by atoms with Crippen LogP contribution < -0.4 is 5.32 Å². The Hall–Kier alpha value is -1.79. The van der Waals surface area contributed by atoms with Crippen LogP contribution in [0.4, 0.5) is 0 Å². The Labute approximate surface area is 292 Å². The van der Waals surface area contributed by atoms with Gasteiger partial charge >= 0.3 is 6.15 Å². The lowest BCUT2D eigenvalue weighted by atomic mass is 9.33. The molecule has 6 aliphatic rings. The summed E-state index contributed by atoms with van der Waals surface area (Å²) in [6, 6.07) is 0. The van der Waals surface area contributed by atoms with E-state index in [4.69, 9.17) is 9.59 Å². The quantitative estimate of drug-likeness (QED) is 0.218. The van der Waals surface area contributed by atoms with Crippen LogP contribution in [0.15, 0.2) is 48.1 Å². The Morgan fingerprint density at radius 1 is 0.958 bits per heavy atom. The molecule has 1 saturated heterocycles. The maximum atomic E-state index is 12.0. The van der Waals surface area contributed by atoms with E-state index in [0.29, 0.717) is 52.7 Å². The van der Waals surface area contributed by atoms with Crippen LogP contribution in [-0.4, -0.2) is 62.7 Å². The zero-order valence-corrected chi connectivity index (χ0v) is 31.9. The summed E-state index contributed by atoms with van der Waals surface area (Å²) in [5, 5.41) is 4.22. The van der Waals surface area contributed by atoms with Gasteiger partial charge in [0.1, 0.15) is 0 Å². The second-order valence-corrected chi connectivity index (χ2v) is 20.1. The van der Waals surface area contributed by atoms with Crippen LogP contribution in [0, 0.1) is 51.2 Å². The Bertz CT molecular complexity index is 1440. The van der Waals surface area contributed by atoms with Gasteiger partial charge in [0.15, 0.2) is 9.84 Å². The second kappa shape index (κ2) is 13.7. The molecule has 6 nitrogen and oxygen atoms in total. The molecule has 5 fully saturated rings. The predicted molar refractivity (Wildman–Crippen MR) is 195 cm³/mol. The Morgan fingerprint density at radius 3 is 2.29 bits per heavy atom. The highest BCUT2D eigenvalue weighted by Crippen LogP contribution is 2.76. The van der Waals surface area contributed by atoms with E-state index < -0.39 is 9.84 Å². The van der Waals surface area contributed by atoms with Gasteiger partial charge in [-0.05, 0) is 128 Å². The number of sulfone groups is 1. The van der Waals surface area contributed by atoms with Crippen molar-refractivity contribution in [2.24, 2.45) is 51.2 Å². The summed E-state index contributed by atoms with van der Waals surface area (Å²) in [6.07, 6.45) is 23.6. The minimum atomic E-state index is -2.84. The molecule has 7 heteroatoms. The molecular formula is C41H64N2O4S. The standard InChI is InChI=1S/C40H64N2O2S.CO2/c1-9-10-11-12-30-15-18-37(6)33(36(30,4)5)17-19-39(8)34(37)14-13-32-35-31(29(2)3)16-20-40(35,22-21-38(32,39)7)41-23-24-42-25-27-45(43,44)28-26-42;2-1-3/h9-12,15,31-35,41H,2,13-14,16-28H2,1,3-8H3;/b10-9+,12-11?;/t31-,32+,33-,34+,35+,37-,38+,39+,40-;/m0./s1. The molecule has 48 heavy (non-hydrogen) atoms. The highest BCUT2D eigenvalue weighted by atomic mass is 32.2. The van der Waals surface area contributed by atoms with E-state index in [9.17, 15) is 8.42 Å². The molecule has 0 aromatic carbocycles. The third-order valence-electron chi connectivity index (χ3n) is 15.6. The molecule has 1 N–H and O–H groups in total. The molecule has 6 rings (SSSR count). The molecular weight excluding hydrogens is 617 g/mol. The molecule has 0 bridgehead atoms. The molecule has 0 amide bonds. The molecule has 1 aliphatic heterocycles. The number of hydrogen-bond donors (Lipinski definition) is 1. The molecule has 0 aromatic rings. The van der Waals surface area contributed by atoms with Crippen LogP contribution in [0.2, 0.25) is 0 Å². The van der Waals surface area contributed by atoms with Crippen molar-refractivity contribution in [3.63, 3.8) is 0 Å². The maximum absolute atomic E-state index is 12.0. The molecule has 0 unspecified atom stereocenters. The van der Waals surface area contributed by atoms with Gasteiger partial charge in [-0.15, -0.1) is 0 Å². The normalized spacial score (nSPS) is 43.1. The van der Waals surface area contributed by atoms with Crippen molar-refractivity contribution >= 4 is 16.0 Å². The first-order chi connectivity index (χ1) is 22.5. The van der Waals surface area contributed by atoms with Gasteiger partial charge < -0.3 is 10.2 Å². The fourth-order valence-electron chi connectivity index (χ4n) is 13.1. The van der Waals surface area contributed by atoms with Crippen LogP contribution in [0.5, 0.6) is 0 Å². The Balaban J connectivity index is 0.00000145. The summed E-state index contributed by atoms with van der Waals surface area (Å²) in [5.41, 5.74) is 4.39. The first-order valence-electron chi connectivity index (χ1n) is 18.9. The van der Waals surface area contributed by atoms with Crippen molar-refractivity contribution < 1.29 is 18.0 Å². The number of hydrogen-bond acceptors (Lipinski definition) is 6. The number of carbonyl (C=O) groups excluding carboxylic acids is 2. The lowest BCUT2D eigenvalue weighted by Gasteiger charge is -2.72. The van der Waals surface area contributed by atoms with Crippen LogP contribution in [0.1, 0.15) is 106 Å². The number of nitrogens with one attached hydrogen (secondary N) is 1. The highest BCUT2D eigenvalue weighted by Gasteiger charge is 2.70. The van der Waals surface area contributed by atoms with Crippen molar-refractivity contribution in [1.29, 1.82) is 0 Å². The lowest BCUT2D eigenvalue weighted by Crippen LogP contribution is -2.68. The zero-order chi connectivity index (χ0) is 35.2. The Kier molecular flexibility index (Phi) is 10.7. The predicted octanol–water partition coefficient (Wildman–Crippen LogP) is 7.80. The van der Waals surface area contributed by atoms with Crippen LogP contribution in [-0.2, 0) is 19.4 Å². The molecule has 0 spiro atoms. The van der Waals surface area contributed by atoms with Gasteiger partial charge in [-0.3, -0.25) is 0 Å². The Morgan fingerprint density at radius 2 is 1.65 bits per heavy atom. The van der Waals surface area contributed by atoms with Gasteiger partial charge in [-0.25, -0.2) is 8.42 Å². The van der Waals surface area contributed by atoms with Gasteiger partial charge in [0.05, 0.1) is 11.5 Å². The highest BCUT2D eigenvalue weighted by molar-refractivity contribution is 7.91. The summed E-state index contributed by atoms with van der Waals surface area (Å²) in [7, 11) is -2.84. The molecule has 0 radical (unpaired) electrons. The van der Waals surface area contributed by atoms with E-state index in [1.807, 2.05) is 0 Å². The van der Waals surface area contributed by atoms with Crippen LogP contribution in [0.3, 0.4) is 0 Å². The van der Waals surface area contributed by atoms with Crippen molar-refractivity contribution in [2.45, 2.75) is 112 Å². The summed E-state index contributed by atoms with van der Waals surface area (Å²) in [4.78, 5) is 18.6. The lowest BCUT2D eigenvalue weighted by molar-refractivity contribution is -0.221. The molecule has 9 atom stereocenters. The molecule has 268 valence electrons. The van der Waals surface area contributed by atoms with Crippen LogP contribution >= 0.6 is 0 Å².